The van der Waals surface area contributed by atoms with E-state index < -0.39 is 0 Å². The molecule has 4 heteroatoms. The van der Waals surface area contributed by atoms with Gasteiger partial charge in [-0.25, -0.2) is 4.99 Å². The van der Waals surface area contributed by atoms with Gasteiger partial charge in [0.2, 0.25) is 0 Å². The predicted molar refractivity (Wildman–Crippen MR) is 57.4 cm³/mol. The summed E-state index contributed by atoms with van der Waals surface area (Å²) >= 11 is 0. The number of nitrogens with two attached hydrogens (primary N) is 1. The zero-order valence-corrected chi connectivity index (χ0v) is 8.23. The van der Waals surface area contributed by atoms with E-state index in [9.17, 15) is 0 Å². The van der Waals surface area contributed by atoms with E-state index in [-0.39, 0.29) is 0 Å². The Kier molecular flexibility index (Phi) is 3.08. The van der Waals surface area contributed by atoms with Crippen molar-refractivity contribution in [3.63, 3.8) is 0 Å². The number of nitriles is 1. The fourth-order valence-electron chi connectivity index (χ4n) is 0.933. The molecule has 2 N–H and O–H groups in total. The van der Waals surface area contributed by atoms with Gasteiger partial charge in [-0.15, -0.1) is 0 Å². The average molecular weight is 188 g/mol. The summed E-state index contributed by atoms with van der Waals surface area (Å²) in [6, 6.07) is 7.12. The van der Waals surface area contributed by atoms with Crippen LogP contribution in [0.15, 0.2) is 23.2 Å². The molecule has 0 atom stereocenters. The third-order valence-corrected chi connectivity index (χ3v) is 1.57. The molecule has 14 heavy (non-hydrogen) atoms. The van der Waals surface area contributed by atoms with Crippen molar-refractivity contribution in [2.75, 3.05) is 19.8 Å². The largest absolute Gasteiger partial charge is 0.399 e. The molecule has 4 nitrogen and oxygen atoms in total. The summed E-state index contributed by atoms with van der Waals surface area (Å²) < 4.78 is 0. The first-order chi connectivity index (χ1) is 6.63. The van der Waals surface area contributed by atoms with Crippen molar-refractivity contribution in [2.45, 2.75) is 0 Å². The van der Waals surface area contributed by atoms with Gasteiger partial charge in [0.15, 0.2) is 0 Å². The van der Waals surface area contributed by atoms with E-state index in [0.29, 0.717) is 16.9 Å². The van der Waals surface area contributed by atoms with E-state index in [4.69, 9.17) is 11.0 Å². The highest BCUT2D eigenvalue weighted by molar-refractivity contribution is 5.67. The standard InChI is InChI=1S/C10H12N4/c1-14(2)7-13-10-4-3-9(12)5-8(10)6-11/h3-5,7H,12H2,1-2H3/b13-7-. The monoisotopic (exact) mass is 188 g/mol. The second-order valence-electron chi connectivity index (χ2n) is 3.10. The lowest BCUT2D eigenvalue weighted by Gasteiger charge is -2.03. The number of rotatable bonds is 2. The van der Waals surface area contributed by atoms with Crippen LogP contribution in [0.1, 0.15) is 5.56 Å². The summed E-state index contributed by atoms with van der Waals surface area (Å²) in [4.78, 5) is 5.94. The Bertz CT molecular complexity index is 388. The van der Waals surface area contributed by atoms with Gasteiger partial charge in [0, 0.05) is 19.8 Å². The summed E-state index contributed by atoms with van der Waals surface area (Å²) in [6.45, 7) is 0. The highest BCUT2D eigenvalue weighted by atomic mass is 15.1. The van der Waals surface area contributed by atoms with Gasteiger partial charge in [0.1, 0.15) is 6.07 Å². The minimum Gasteiger partial charge on any atom is -0.399 e. The van der Waals surface area contributed by atoms with E-state index in [1.165, 1.54) is 0 Å². The van der Waals surface area contributed by atoms with Gasteiger partial charge in [-0.05, 0) is 18.2 Å². The first kappa shape index (κ1) is 10.1. The minimum absolute atomic E-state index is 0.489. The molecule has 72 valence electrons. The molecule has 0 fully saturated rings. The quantitative estimate of drug-likeness (QED) is 0.433. The van der Waals surface area contributed by atoms with Crippen LogP contribution in [0.5, 0.6) is 0 Å². The fraction of sp³-hybridized carbons (Fsp3) is 0.200. The smallest absolute Gasteiger partial charge is 0.101 e. The van der Waals surface area contributed by atoms with E-state index in [2.05, 4.69) is 4.99 Å². The first-order valence-corrected chi connectivity index (χ1v) is 4.13. The van der Waals surface area contributed by atoms with Crippen molar-refractivity contribution >= 4 is 17.7 Å². The van der Waals surface area contributed by atoms with Crippen LogP contribution in [0.25, 0.3) is 0 Å². The molecule has 0 aromatic heterocycles. The molecule has 0 amide bonds. The Balaban J connectivity index is 3.04. The molecular weight excluding hydrogens is 176 g/mol. The lowest BCUT2D eigenvalue weighted by atomic mass is 10.2. The van der Waals surface area contributed by atoms with Gasteiger partial charge in [-0.3, -0.25) is 0 Å². The van der Waals surface area contributed by atoms with Crippen LogP contribution in [0.2, 0.25) is 0 Å². The third kappa shape index (κ3) is 2.49. The molecule has 0 unspecified atom stereocenters. The van der Waals surface area contributed by atoms with Crippen molar-refractivity contribution in [2.24, 2.45) is 4.99 Å². The van der Waals surface area contributed by atoms with Crippen LogP contribution in [0, 0.1) is 11.3 Å². The number of nitrogens with zero attached hydrogens (tertiary/aromatic N) is 3. The van der Waals surface area contributed by atoms with Crippen LogP contribution < -0.4 is 5.73 Å². The summed E-state index contributed by atoms with van der Waals surface area (Å²) in [5.74, 6) is 0. The number of aliphatic imine (C=N–C) groups is 1. The molecule has 0 aliphatic rings. The number of hydrogen-bond donors (Lipinski definition) is 1. The number of nitrogen functional groups attached to an aromatic ring is 1. The maximum Gasteiger partial charge on any atom is 0.101 e. The van der Waals surface area contributed by atoms with Gasteiger partial charge in [0.25, 0.3) is 0 Å². The molecule has 1 aromatic rings. The topological polar surface area (TPSA) is 65.4 Å². The molecule has 0 radical (unpaired) electrons. The van der Waals surface area contributed by atoms with E-state index in [1.54, 1.807) is 29.4 Å². The molecular formula is C10H12N4. The average Bonchev–Trinajstić information content (AvgIpc) is 2.15. The zero-order valence-electron chi connectivity index (χ0n) is 8.23. The Labute approximate surface area is 83.3 Å². The molecule has 0 heterocycles. The molecule has 0 spiro atoms. The molecule has 0 bridgehead atoms. The van der Waals surface area contributed by atoms with Gasteiger partial charge < -0.3 is 10.6 Å². The second kappa shape index (κ2) is 4.28. The minimum atomic E-state index is 0.489. The maximum atomic E-state index is 8.82. The van der Waals surface area contributed by atoms with Crippen molar-refractivity contribution in [1.29, 1.82) is 5.26 Å². The van der Waals surface area contributed by atoms with Gasteiger partial charge in [0.05, 0.1) is 17.6 Å². The van der Waals surface area contributed by atoms with Crippen LogP contribution in [0.4, 0.5) is 11.4 Å². The van der Waals surface area contributed by atoms with Crippen molar-refractivity contribution in [1.82, 2.24) is 4.90 Å². The lowest BCUT2D eigenvalue weighted by molar-refractivity contribution is 0.643. The zero-order chi connectivity index (χ0) is 10.6. The molecule has 0 aliphatic heterocycles. The predicted octanol–water partition coefficient (Wildman–Crippen LogP) is 1.36. The van der Waals surface area contributed by atoms with E-state index in [1.807, 2.05) is 20.2 Å². The van der Waals surface area contributed by atoms with Crippen molar-refractivity contribution in [3.05, 3.63) is 23.8 Å². The maximum absolute atomic E-state index is 8.82. The Morgan fingerprint density at radius 3 is 2.79 bits per heavy atom. The third-order valence-electron chi connectivity index (χ3n) is 1.57. The van der Waals surface area contributed by atoms with Crippen LogP contribution >= 0.6 is 0 Å². The number of anilines is 1. The fourth-order valence-corrected chi connectivity index (χ4v) is 0.933. The van der Waals surface area contributed by atoms with Gasteiger partial charge in [-0.1, -0.05) is 0 Å². The highest BCUT2D eigenvalue weighted by Crippen LogP contribution is 2.20. The SMILES string of the molecule is CN(C)/C=N\c1ccc(N)cc1C#N. The van der Waals surface area contributed by atoms with E-state index in [0.717, 1.165) is 0 Å². The van der Waals surface area contributed by atoms with Crippen LogP contribution in [-0.2, 0) is 0 Å². The van der Waals surface area contributed by atoms with Crippen LogP contribution in [0.3, 0.4) is 0 Å². The lowest BCUT2D eigenvalue weighted by Crippen LogP contribution is -2.07. The number of hydrogen-bond acceptors (Lipinski definition) is 3. The highest BCUT2D eigenvalue weighted by Gasteiger charge is 1.99. The van der Waals surface area contributed by atoms with E-state index >= 15 is 0 Å². The molecule has 0 aliphatic carbocycles. The Morgan fingerprint density at radius 1 is 1.50 bits per heavy atom. The molecule has 0 saturated heterocycles. The summed E-state index contributed by atoms with van der Waals surface area (Å²) in [6.07, 6.45) is 1.65. The summed E-state index contributed by atoms with van der Waals surface area (Å²) in [5, 5.41) is 8.82. The summed E-state index contributed by atoms with van der Waals surface area (Å²) in [7, 11) is 3.74. The summed E-state index contributed by atoms with van der Waals surface area (Å²) in [5.41, 5.74) is 7.24. The van der Waals surface area contributed by atoms with Gasteiger partial charge in [-0.2, -0.15) is 5.26 Å². The van der Waals surface area contributed by atoms with Crippen molar-refractivity contribution < 1.29 is 0 Å². The van der Waals surface area contributed by atoms with Crippen molar-refractivity contribution in [3.8, 4) is 6.07 Å². The molecule has 0 saturated carbocycles. The van der Waals surface area contributed by atoms with Gasteiger partial charge >= 0.3 is 0 Å². The first-order valence-electron chi connectivity index (χ1n) is 4.13. The molecule has 1 rings (SSSR count). The second-order valence-corrected chi connectivity index (χ2v) is 3.10. The Morgan fingerprint density at radius 2 is 2.21 bits per heavy atom. The Hall–Kier alpha value is -2.02. The number of benzene rings is 1. The van der Waals surface area contributed by atoms with Crippen LogP contribution in [-0.4, -0.2) is 25.3 Å². The normalized spacial score (nSPS) is 10.1. The molecule has 1 aromatic carbocycles.